The van der Waals surface area contributed by atoms with Gasteiger partial charge in [-0.2, -0.15) is 0 Å². The molecule has 1 unspecified atom stereocenters. The van der Waals surface area contributed by atoms with Crippen LogP contribution in [-0.4, -0.2) is 10.2 Å². The Morgan fingerprint density at radius 2 is 1.74 bits per heavy atom. The molecule has 0 radical (unpaired) electrons. The van der Waals surface area contributed by atoms with Gasteiger partial charge in [0.15, 0.2) is 0 Å². The molecule has 0 aliphatic carbocycles. The van der Waals surface area contributed by atoms with Gasteiger partial charge in [-0.25, -0.2) is 0 Å². The summed E-state index contributed by atoms with van der Waals surface area (Å²) in [4.78, 5) is 0.0852. The maximum atomic E-state index is 9.46. The van der Waals surface area contributed by atoms with Crippen LogP contribution in [0, 0.1) is 0 Å². The minimum atomic E-state index is 0.0810. The van der Waals surface area contributed by atoms with E-state index in [-0.39, 0.29) is 16.3 Å². The SMILES string of the molecule is Oc1ccc(C(Br)Cc2ccc(O)c(Br)c2)cc1Cl. The zero-order valence-corrected chi connectivity index (χ0v) is 13.7. The number of rotatable bonds is 3. The van der Waals surface area contributed by atoms with E-state index in [2.05, 4.69) is 31.9 Å². The first kappa shape index (κ1) is 14.7. The van der Waals surface area contributed by atoms with E-state index in [1.54, 1.807) is 18.2 Å². The number of alkyl halides is 1. The molecule has 2 N–H and O–H groups in total. The molecule has 19 heavy (non-hydrogen) atoms. The van der Waals surface area contributed by atoms with Crippen LogP contribution in [0.3, 0.4) is 0 Å². The quantitative estimate of drug-likeness (QED) is 0.689. The molecule has 100 valence electrons. The Morgan fingerprint density at radius 3 is 2.37 bits per heavy atom. The van der Waals surface area contributed by atoms with E-state index in [1.165, 1.54) is 0 Å². The maximum absolute atomic E-state index is 9.46. The van der Waals surface area contributed by atoms with E-state index < -0.39 is 0 Å². The van der Waals surface area contributed by atoms with E-state index in [1.807, 2.05) is 18.2 Å². The van der Waals surface area contributed by atoms with E-state index >= 15 is 0 Å². The molecule has 2 aromatic rings. The topological polar surface area (TPSA) is 40.5 Å². The van der Waals surface area contributed by atoms with E-state index in [0.29, 0.717) is 9.50 Å². The van der Waals surface area contributed by atoms with E-state index in [4.69, 9.17) is 11.6 Å². The van der Waals surface area contributed by atoms with Gasteiger partial charge < -0.3 is 10.2 Å². The van der Waals surface area contributed by atoms with E-state index in [9.17, 15) is 10.2 Å². The molecular formula is C14H11Br2ClO2. The van der Waals surface area contributed by atoms with Crippen molar-refractivity contribution in [1.29, 1.82) is 0 Å². The summed E-state index contributed by atoms with van der Waals surface area (Å²) in [6.45, 7) is 0. The van der Waals surface area contributed by atoms with Crippen molar-refractivity contribution in [1.82, 2.24) is 0 Å². The highest BCUT2D eigenvalue weighted by molar-refractivity contribution is 9.10. The van der Waals surface area contributed by atoms with Gasteiger partial charge in [-0.1, -0.05) is 39.7 Å². The Labute approximate surface area is 133 Å². The zero-order chi connectivity index (χ0) is 14.0. The molecule has 0 saturated heterocycles. The normalized spacial score (nSPS) is 12.4. The number of hydrogen-bond acceptors (Lipinski definition) is 2. The minimum Gasteiger partial charge on any atom is -0.507 e. The summed E-state index contributed by atoms with van der Waals surface area (Å²) in [6, 6.07) is 10.6. The molecule has 1 atom stereocenters. The standard InChI is InChI=1S/C14H11Br2ClO2/c15-10(9-2-4-14(19)12(17)7-9)5-8-1-3-13(18)11(16)6-8/h1-4,6-7,10,18-19H,5H2. The molecule has 0 aliphatic rings. The van der Waals surface area contributed by atoms with Crippen molar-refractivity contribution >= 4 is 43.5 Å². The molecular weight excluding hydrogens is 395 g/mol. The van der Waals surface area contributed by atoms with Crippen molar-refractivity contribution in [2.75, 3.05) is 0 Å². The first-order valence-electron chi connectivity index (χ1n) is 5.57. The predicted molar refractivity (Wildman–Crippen MR) is 84.3 cm³/mol. The third kappa shape index (κ3) is 3.65. The molecule has 0 fully saturated rings. The van der Waals surface area contributed by atoms with Gasteiger partial charge in [0.25, 0.3) is 0 Å². The molecule has 2 rings (SSSR count). The van der Waals surface area contributed by atoms with Crippen molar-refractivity contribution < 1.29 is 10.2 Å². The Hall–Kier alpha value is -0.710. The highest BCUT2D eigenvalue weighted by Crippen LogP contribution is 2.33. The van der Waals surface area contributed by atoms with Gasteiger partial charge in [-0.3, -0.25) is 0 Å². The Kier molecular flexibility index (Phi) is 4.76. The molecule has 5 heteroatoms. The van der Waals surface area contributed by atoms with Gasteiger partial charge in [0.1, 0.15) is 11.5 Å². The number of aromatic hydroxyl groups is 2. The smallest absolute Gasteiger partial charge is 0.134 e. The highest BCUT2D eigenvalue weighted by Gasteiger charge is 2.11. The Balaban J connectivity index is 2.17. The second-order valence-electron chi connectivity index (χ2n) is 4.17. The summed E-state index contributed by atoms with van der Waals surface area (Å²) in [7, 11) is 0. The third-order valence-electron chi connectivity index (χ3n) is 2.76. The summed E-state index contributed by atoms with van der Waals surface area (Å²) in [5.41, 5.74) is 2.07. The van der Waals surface area contributed by atoms with Crippen LogP contribution in [0.5, 0.6) is 11.5 Å². The fourth-order valence-corrected chi connectivity index (χ4v) is 2.99. The molecule has 0 saturated carbocycles. The fraction of sp³-hybridized carbons (Fsp3) is 0.143. The molecule has 0 amide bonds. The fourth-order valence-electron chi connectivity index (χ4n) is 1.72. The van der Waals surface area contributed by atoms with Crippen LogP contribution in [0.2, 0.25) is 5.02 Å². The van der Waals surface area contributed by atoms with Crippen molar-refractivity contribution in [3.05, 3.63) is 57.0 Å². The van der Waals surface area contributed by atoms with Crippen LogP contribution in [0.15, 0.2) is 40.9 Å². The first-order chi connectivity index (χ1) is 8.97. The van der Waals surface area contributed by atoms with Gasteiger partial charge in [0, 0.05) is 4.83 Å². The van der Waals surface area contributed by atoms with Gasteiger partial charge in [-0.05, 0) is 57.7 Å². The van der Waals surface area contributed by atoms with Crippen molar-refractivity contribution in [2.45, 2.75) is 11.2 Å². The number of hydrogen-bond donors (Lipinski definition) is 2. The lowest BCUT2D eigenvalue weighted by molar-refractivity contribution is 0.471. The molecule has 0 bridgehead atoms. The summed E-state index contributed by atoms with van der Waals surface area (Å²) >= 11 is 12.8. The van der Waals surface area contributed by atoms with Crippen LogP contribution in [0.4, 0.5) is 0 Å². The molecule has 2 aromatic carbocycles. The average molecular weight is 407 g/mol. The van der Waals surface area contributed by atoms with Crippen LogP contribution < -0.4 is 0 Å². The highest BCUT2D eigenvalue weighted by atomic mass is 79.9. The van der Waals surface area contributed by atoms with E-state index in [0.717, 1.165) is 17.5 Å². The number of halogens is 3. The minimum absolute atomic E-state index is 0.0810. The number of phenolic OH excluding ortho intramolecular Hbond substituents is 2. The Bertz CT molecular complexity index is 602. The predicted octanol–water partition coefficient (Wildman–Crippen LogP) is 5.19. The second-order valence-corrected chi connectivity index (χ2v) is 6.54. The molecule has 0 aromatic heterocycles. The summed E-state index contributed by atoms with van der Waals surface area (Å²) < 4.78 is 0.674. The zero-order valence-electron chi connectivity index (χ0n) is 9.78. The number of phenols is 2. The molecule has 0 aliphatic heterocycles. The Morgan fingerprint density at radius 1 is 1.05 bits per heavy atom. The second kappa shape index (κ2) is 6.16. The largest absolute Gasteiger partial charge is 0.507 e. The first-order valence-corrected chi connectivity index (χ1v) is 7.66. The van der Waals surface area contributed by atoms with Crippen LogP contribution >= 0.6 is 43.5 Å². The summed E-state index contributed by atoms with van der Waals surface area (Å²) in [5, 5.41) is 19.2. The van der Waals surface area contributed by atoms with Crippen LogP contribution in [0.1, 0.15) is 16.0 Å². The summed E-state index contributed by atoms with van der Waals surface area (Å²) in [5.74, 6) is 0.306. The average Bonchev–Trinajstić information content (AvgIpc) is 2.37. The molecule has 2 nitrogen and oxygen atoms in total. The van der Waals surface area contributed by atoms with Crippen LogP contribution in [-0.2, 0) is 6.42 Å². The lowest BCUT2D eigenvalue weighted by atomic mass is 10.0. The van der Waals surface area contributed by atoms with Gasteiger partial charge in [0.2, 0.25) is 0 Å². The van der Waals surface area contributed by atoms with Gasteiger partial charge in [-0.15, -0.1) is 0 Å². The van der Waals surface area contributed by atoms with Crippen molar-refractivity contribution in [2.24, 2.45) is 0 Å². The molecule has 0 heterocycles. The van der Waals surface area contributed by atoms with Gasteiger partial charge >= 0.3 is 0 Å². The van der Waals surface area contributed by atoms with Crippen molar-refractivity contribution in [3.63, 3.8) is 0 Å². The lowest BCUT2D eigenvalue weighted by Gasteiger charge is -2.12. The monoisotopic (exact) mass is 404 g/mol. The number of benzene rings is 2. The lowest BCUT2D eigenvalue weighted by Crippen LogP contribution is -1.95. The van der Waals surface area contributed by atoms with Crippen molar-refractivity contribution in [3.8, 4) is 11.5 Å². The van der Waals surface area contributed by atoms with Gasteiger partial charge in [0.05, 0.1) is 9.50 Å². The molecule has 0 spiro atoms. The summed E-state index contributed by atoms with van der Waals surface area (Å²) in [6.07, 6.45) is 0.750. The maximum Gasteiger partial charge on any atom is 0.134 e. The third-order valence-corrected chi connectivity index (χ3v) is 4.55. The van der Waals surface area contributed by atoms with Crippen LogP contribution in [0.25, 0.3) is 0 Å².